The first-order valence-electron chi connectivity index (χ1n) is 17.8. The first-order valence-corrected chi connectivity index (χ1v) is 17.8. The van der Waals surface area contributed by atoms with Crippen molar-refractivity contribution >= 4 is 32.7 Å². The van der Waals surface area contributed by atoms with E-state index in [1.165, 1.54) is 33.0 Å². The van der Waals surface area contributed by atoms with Crippen molar-refractivity contribution in [2.45, 2.75) is 19.3 Å². The number of nitriles is 1. The van der Waals surface area contributed by atoms with Gasteiger partial charge >= 0.3 is 0 Å². The van der Waals surface area contributed by atoms with Crippen LogP contribution in [0.5, 0.6) is 0 Å². The third-order valence-electron chi connectivity index (χ3n) is 11.0. The van der Waals surface area contributed by atoms with Gasteiger partial charge in [-0.15, -0.1) is 0 Å². The third-order valence-corrected chi connectivity index (χ3v) is 11.0. The Morgan fingerprint density at radius 2 is 1.19 bits per heavy atom. The van der Waals surface area contributed by atoms with E-state index in [0.29, 0.717) is 5.56 Å². The topological polar surface area (TPSA) is 41.6 Å². The summed E-state index contributed by atoms with van der Waals surface area (Å²) in [5, 5.41) is 13.8. The Morgan fingerprint density at radius 1 is 0.500 bits per heavy atom. The number of nitrogens with zero attached hydrogens (tertiary/aromatic N) is 3. The zero-order valence-corrected chi connectivity index (χ0v) is 28.9. The summed E-state index contributed by atoms with van der Waals surface area (Å²) in [6.07, 6.45) is 0. The average molecular weight is 664 g/mol. The van der Waals surface area contributed by atoms with Crippen molar-refractivity contribution in [2.24, 2.45) is 0 Å². The molecule has 0 N–H and O–H groups in total. The molecule has 0 fully saturated rings. The number of rotatable bonds is 4. The van der Waals surface area contributed by atoms with E-state index in [2.05, 4.69) is 164 Å². The van der Waals surface area contributed by atoms with Crippen LogP contribution in [0.3, 0.4) is 0 Å². The van der Waals surface area contributed by atoms with E-state index in [9.17, 15) is 5.26 Å². The molecule has 0 radical (unpaired) electrons. The highest BCUT2D eigenvalue weighted by atomic mass is 15.0. The van der Waals surface area contributed by atoms with Crippen molar-refractivity contribution in [1.82, 2.24) is 9.55 Å². The number of fused-ring (bicyclic) bond motifs is 7. The molecule has 0 saturated heterocycles. The van der Waals surface area contributed by atoms with Gasteiger partial charge in [0.2, 0.25) is 0 Å². The molecule has 9 aromatic rings. The minimum atomic E-state index is -0.136. The average Bonchev–Trinajstić information content (AvgIpc) is 3.64. The quantitative estimate of drug-likeness (QED) is 0.188. The molecule has 7 aromatic carbocycles. The number of pyridine rings is 1. The summed E-state index contributed by atoms with van der Waals surface area (Å²) >= 11 is 0. The molecule has 3 nitrogen and oxygen atoms in total. The standard InChI is InChI=1S/C49H33N3/c1-49(2)43-21-11-8-18-37(43)41-27-42-39-20-10-13-23-47(39)52(48(42)29-44(41)49)35-25-33(36-17-7-6-16-32(36)30-50)24-34(26-35)46-28-40(31-14-4-3-5-15-31)38-19-9-12-22-45(38)51-46/h3-29H,1-2H3. The summed E-state index contributed by atoms with van der Waals surface area (Å²) in [6, 6.07) is 60.5. The van der Waals surface area contributed by atoms with Crippen LogP contribution < -0.4 is 0 Å². The maximum Gasteiger partial charge on any atom is 0.0998 e. The van der Waals surface area contributed by atoms with Crippen molar-refractivity contribution in [3.63, 3.8) is 0 Å². The van der Waals surface area contributed by atoms with Crippen molar-refractivity contribution in [2.75, 3.05) is 0 Å². The van der Waals surface area contributed by atoms with Crippen molar-refractivity contribution in [1.29, 1.82) is 5.26 Å². The Hall–Kier alpha value is -6.76. The fraction of sp³-hybridized carbons (Fsp3) is 0.0612. The van der Waals surface area contributed by atoms with E-state index < -0.39 is 0 Å². The van der Waals surface area contributed by atoms with Crippen molar-refractivity contribution in [3.05, 3.63) is 180 Å². The largest absolute Gasteiger partial charge is 0.309 e. The summed E-state index contributed by atoms with van der Waals surface area (Å²) in [7, 11) is 0. The molecule has 0 bridgehead atoms. The van der Waals surface area contributed by atoms with Gasteiger partial charge in [-0.3, -0.25) is 0 Å². The lowest BCUT2D eigenvalue weighted by Gasteiger charge is -2.22. The molecule has 2 aromatic heterocycles. The number of hydrogen-bond acceptors (Lipinski definition) is 2. The maximum atomic E-state index is 10.2. The van der Waals surface area contributed by atoms with Gasteiger partial charge in [0.15, 0.2) is 0 Å². The molecule has 2 heterocycles. The van der Waals surface area contributed by atoms with Crippen LogP contribution in [0.25, 0.3) is 83.0 Å². The highest BCUT2D eigenvalue weighted by Gasteiger charge is 2.36. The van der Waals surface area contributed by atoms with Crippen LogP contribution >= 0.6 is 0 Å². The smallest absolute Gasteiger partial charge is 0.0998 e. The van der Waals surface area contributed by atoms with Crippen LogP contribution in [0.2, 0.25) is 0 Å². The molecule has 52 heavy (non-hydrogen) atoms. The van der Waals surface area contributed by atoms with Gasteiger partial charge in [-0.2, -0.15) is 5.26 Å². The van der Waals surface area contributed by atoms with Gasteiger partial charge in [-0.05, 0) is 99.1 Å². The maximum absolute atomic E-state index is 10.2. The Morgan fingerprint density at radius 3 is 2.04 bits per heavy atom. The van der Waals surface area contributed by atoms with Gasteiger partial charge in [0.1, 0.15) is 0 Å². The van der Waals surface area contributed by atoms with Crippen molar-refractivity contribution < 1.29 is 0 Å². The first-order chi connectivity index (χ1) is 25.5. The minimum Gasteiger partial charge on any atom is -0.309 e. The summed E-state index contributed by atoms with van der Waals surface area (Å²) in [5.74, 6) is 0. The summed E-state index contributed by atoms with van der Waals surface area (Å²) < 4.78 is 2.41. The number of para-hydroxylation sites is 2. The van der Waals surface area contributed by atoms with Crippen LogP contribution in [0.4, 0.5) is 0 Å². The van der Waals surface area contributed by atoms with Crippen LogP contribution in [-0.2, 0) is 5.41 Å². The molecule has 10 rings (SSSR count). The molecule has 0 atom stereocenters. The van der Waals surface area contributed by atoms with Gasteiger partial charge in [0.25, 0.3) is 0 Å². The van der Waals surface area contributed by atoms with Crippen molar-refractivity contribution in [3.8, 4) is 56.4 Å². The molecule has 0 unspecified atom stereocenters. The third kappa shape index (κ3) is 4.48. The number of aromatic nitrogens is 2. The highest BCUT2D eigenvalue weighted by Crippen LogP contribution is 2.51. The summed E-state index contributed by atoms with van der Waals surface area (Å²) in [6.45, 7) is 4.67. The van der Waals surface area contributed by atoms with E-state index >= 15 is 0 Å². The molecular formula is C49H33N3. The molecule has 1 aliphatic rings. The predicted octanol–water partition coefficient (Wildman–Crippen LogP) is 12.5. The van der Waals surface area contributed by atoms with Gasteiger partial charge in [-0.25, -0.2) is 4.98 Å². The number of benzene rings is 7. The fourth-order valence-electron chi connectivity index (χ4n) is 8.50. The molecule has 0 aliphatic heterocycles. The van der Waals surface area contributed by atoms with Crippen LogP contribution in [0.15, 0.2) is 164 Å². The lowest BCUT2D eigenvalue weighted by molar-refractivity contribution is 0.661. The van der Waals surface area contributed by atoms with Gasteiger partial charge in [-0.1, -0.05) is 123 Å². The van der Waals surface area contributed by atoms with E-state index in [0.717, 1.165) is 61.1 Å². The first kappa shape index (κ1) is 30.1. The Kier molecular flexibility index (Phi) is 6.59. The lowest BCUT2D eigenvalue weighted by Crippen LogP contribution is -2.15. The fourth-order valence-corrected chi connectivity index (χ4v) is 8.50. The molecule has 0 saturated carbocycles. The van der Waals surface area contributed by atoms with E-state index in [4.69, 9.17) is 4.98 Å². The molecule has 0 spiro atoms. The summed E-state index contributed by atoms with van der Waals surface area (Å²) in [4.78, 5) is 5.27. The Labute approximate surface area is 302 Å². The molecule has 244 valence electrons. The normalized spacial score (nSPS) is 12.9. The zero-order chi connectivity index (χ0) is 35.0. The summed E-state index contributed by atoms with van der Waals surface area (Å²) in [5.41, 5.74) is 16.1. The van der Waals surface area contributed by atoms with E-state index in [-0.39, 0.29) is 5.41 Å². The highest BCUT2D eigenvalue weighted by molar-refractivity contribution is 6.12. The van der Waals surface area contributed by atoms with E-state index in [1.54, 1.807) is 0 Å². The second kappa shape index (κ2) is 11.4. The van der Waals surface area contributed by atoms with Crippen LogP contribution in [0.1, 0.15) is 30.5 Å². The zero-order valence-electron chi connectivity index (χ0n) is 28.9. The molecule has 3 heteroatoms. The minimum absolute atomic E-state index is 0.136. The van der Waals surface area contributed by atoms with Crippen LogP contribution in [0, 0.1) is 11.3 Å². The molecule has 0 amide bonds. The Bertz CT molecular complexity index is 2940. The predicted molar refractivity (Wildman–Crippen MR) is 215 cm³/mol. The lowest BCUT2D eigenvalue weighted by atomic mass is 9.82. The monoisotopic (exact) mass is 663 g/mol. The SMILES string of the molecule is CC1(C)c2ccccc2-c2cc3c4ccccc4n(-c4cc(-c5cc(-c6ccccc6)c6ccccc6n5)cc(-c5ccccc5C#N)c4)c3cc21. The number of hydrogen-bond donors (Lipinski definition) is 0. The van der Waals surface area contributed by atoms with Gasteiger partial charge in [0.05, 0.1) is 33.9 Å². The Balaban J connectivity index is 1.29. The van der Waals surface area contributed by atoms with Crippen LogP contribution in [-0.4, -0.2) is 9.55 Å². The molecular weight excluding hydrogens is 631 g/mol. The molecule has 1 aliphatic carbocycles. The van der Waals surface area contributed by atoms with Gasteiger partial charge in [0, 0.05) is 32.8 Å². The van der Waals surface area contributed by atoms with Gasteiger partial charge < -0.3 is 4.57 Å². The van der Waals surface area contributed by atoms with E-state index in [1.807, 2.05) is 24.3 Å². The second-order valence-corrected chi connectivity index (χ2v) is 14.3. The second-order valence-electron chi connectivity index (χ2n) is 14.3.